The molecule has 2 aliphatic rings. The Balaban J connectivity index is 2.36. The van der Waals surface area contributed by atoms with Gasteiger partial charge in [-0.25, -0.2) is 4.39 Å². The maximum atomic E-state index is 14.9. The highest BCUT2D eigenvalue weighted by atomic mass is 19.1. The van der Waals surface area contributed by atoms with Crippen molar-refractivity contribution in [3.8, 4) is 24.0 Å². The number of hydrogen-bond donors (Lipinski definition) is 1. The molecule has 0 unspecified atom stereocenters. The Labute approximate surface area is 167 Å². The standard InChI is InChI=1S/C21H18FN5O2/c1-12(28)27-6-5-14-16(8-23)20(26)21(10-24,11-25)19(17(14)9-27)15-7-13(29-2)3-4-18(15)22/h3-5,7,17,19H,6,9,26H2,1-2H3/t17-,19-/m1/s1. The van der Waals surface area contributed by atoms with Gasteiger partial charge in [-0.2, -0.15) is 15.8 Å². The van der Waals surface area contributed by atoms with Gasteiger partial charge in [-0.05, 0) is 29.3 Å². The Morgan fingerprint density at radius 3 is 2.59 bits per heavy atom. The van der Waals surface area contributed by atoms with E-state index in [0.717, 1.165) is 0 Å². The van der Waals surface area contributed by atoms with E-state index in [0.29, 0.717) is 11.3 Å². The van der Waals surface area contributed by atoms with Crippen molar-refractivity contribution in [1.82, 2.24) is 4.90 Å². The number of amides is 1. The van der Waals surface area contributed by atoms with Gasteiger partial charge in [0, 0.05) is 31.8 Å². The average molecular weight is 391 g/mol. The monoisotopic (exact) mass is 391 g/mol. The number of methoxy groups -OCH3 is 1. The van der Waals surface area contributed by atoms with E-state index in [1.807, 2.05) is 18.2 Å². The van der Waals surface area contributed by atoms with Crippen molar-refractivity contribution in [3.05, 3.63) is 52.5 Å². The van der Waals surface area contributed by atoms with Gasteiger partial charge in [0.05, 0.1) is 30.5 Å². The van der Waals surface area contributed by atoms with Gasteiger partial charge in [-0.15, -0.1) is 0 Å². The Hall–Kier alpha value is -3.83. The fourth-order valence-electron chi connectivity index (χ4n) is 4.17. The van der Waals surface area contributed by atoms with E-state index in [-0.39, 0.29) is 35.8 Å². The van der Waals surface area contributed by atoms with Crippen molar-refractivity contribution in [1.29, 1.82) is 15.8 Å². The summed E-state index contributed by atoms with van der Waals surface area (Å²) in [6.07, 6.45) is 1.69. The maximum absolute atomic E-state index is 14.9. The highest BCUT2D eigenvalue weighted by Gasteiger charge is 2.55. The van der Waals surface area contributed by atoms with Crippen LogP contribution in [0.15, 0.2) is 41.1 Å². The third kappa shape index (κ3) is 2.88. The van der Waals surface area contributed by atoms with E-state index in [9.17, 15) is 25.0 Å². The van der Waals surface area contributed by atoms with Gasteiger partial charge < -0.3 is 15.4 Å². The Kier molecular flexibility index (Phi) is 5.01. The number of nitrogens with two attached hydrogens (primary N) is 1. The fraction of sp³-hybridized carbons (Fsp3) is 0.333. The number of halogens is 1. The quantitative estimate of drug-likeness (QED) is 0.822. The van der Waals surface area contributed by atoms with Gasteiger partial charge in [-0.1, -0.05) is 6.08 Å². The zero-order valence-corrected chi connectivity index (χ0v) is 15.9. The molecule has 146 valence electrons. The zero-order chi connectivity index (χ0) is 21.3. The van der Waals surface area contributed by atoms with Crippen molar-refractivity contribution in [2.45, 2.75) is 12.8 Å². The SMILES string of the molecule is COc1ccc(F)c([C@@H]2[C@@H]3CN(C(C)=O)CC=C3C(C#N)=C(N)C2(C#N)C#N)c1. The van der Waals surface area contributed by atoms with Crippen LogP contribution in [0.25, 0.3) is 0 Å². The molecule has 0 bridgehead atoms. The summed E-state index contributed by atoms with van der Waals surface area (Å²) in [7, 11) is 1.42. The number of benzene rings is 1. The summed E-state index contributed by atoms with van der Waals surface area (Å²) in [6, 6.07) is 9.93. The number of carbonyl (C=O) groups is 1. The highest BCUT2D eigenvalue weighted by molar-refractivity contribution is 5.74. The summed E-state index contributed by atoms with van der Waals surface area (Å²) >= 11 is 0. The molecule has 0 spiro atoms. The van der Waals surface area contributed by atoms with E-state index in [1.165, 1.54) is 37.1 Å². The number of allylic oxidation sites excluding steroid dienone is 2. The Bertz CT molecular complexity index is 1060. The largest absolute Gasteiger partial charge is 0.497 e. The summed E-state index contributed by atoms with van der Waals surface area (Å²) in [6.45, 7) is 1.80. The second kappa shape index (κ2) is 7.30. The first kappa shape index (κ1) is 19.9. The molecule has 3 rings (SSSR count). The van der Waals surface area contributed by atoms with Crippen LogP contribution in [0.5, 0.6) is 5.75 Å². The van der Waals surface area contributed by atoms with Gasteiger partial charge in [0.2, 0.25) is 5.91 Å². The van der Waals surface area contributed by atoms with Crippen LogP contribution in [0.1, 0.15) is 18.4 Å². The first-order valence-electron chi connectivity index (χ1n) is 8.86. The molecule has 1 heterocycles. The van der Waals surface area contributed by atoms with Crippen molar-refractivity contribution in [2.24, 2.45) is 17.1 Å². The molecule has 7 nitrogen and oxygen atoms in total. The number of carbonyl (C=O) groups excluding carboxylic acids is 1. The molecule has 0 saturated carbocycles. The second-order valence-corrected chi connectivity index (χ2v) is 6.99. The Morgan fingerprint density at radius 2 is 2.03 bits per heavy atom. The lowest BCUT2D eigenvalue weighted by molar-refractivity contribution is -0.129. The van der Waals surface area contributed by atoms with Crippen LogP contribution in [-0.4, -0.2) is 31.0 Å². The molecule has 0 radical (unpaired) electrons. The number of hydrogen-bond acceptors (Lipinski definition) is 6. The summed E-state index contributed by atoms with van der Waals surface area (Å²) in [5, 5.41) is 29.7. The summed E-state index contributed by atoms with van der Waals surface area (Å²) < 4.78 is 20.1. The smallest absolute Gasteiger partial charge is 0.219 e. The lowest BCUT2D eigenvalue weighted by Crippen LogP contribution is -2.49. The lowest BCUT2D eigenvalue weighted by Gasteiger charge is -2.45. The highest BCUT2D eigenvalue weighted by Crippen LogP contribution is 2.54. The molecule has 8 heteroatoms. The molecule has 1 aliphatic heterocycles. The zero-order valence-electron chi connectivity index (χ0n) is 15.9. The van der Waals surface area contributed by atoms with E-state index >= 15 is 0 Å². The molecule has 0 saturated heterocycles. The number of fused-ring (bicyclic) bond motifs is 1. The van der Waals surface area contributed by atoms with Crippen LogP contribution in [-0.2, 0) is 4.79 Å². The van der Waals surface area contributed by atoms with Gasteiger partial charge >= 0.3 is 0 Å². The van der Waals surface area contributed by atoms with E-state index < -0.39 is 23.1 Å². The lowest BCUT2D eigenvalue weighted by atomic mass is 9.58. The number of nitriles is 3. The molecular formula is C21H18FN5O2. The van der Waals surface area contributed by atoms with Crippen LogP contribution < -0.4 is 10.5 Å². The molecule has 0 fully saturated rings. The normalized spacial score (nSPS) is 22.5. The minimum absolute atomic E-state index is 0.0425. The second-order valence-electron chi connectivity index (χ2n) is 6.99. The molecule has 2 N–H and O–H groups in total. The van der Waals surface area contributed by atoms with Crippen LogP contribution in [0.4, 0.5) is 4.39 Å². The van der Waals surface area contributed by atoms with Gasteiger partial charge in [0.15, 0.2) is 5.41 Å². The predicted octanol–water partition coefficient (Wildman–Crippen LogP) is 2.11. The van der Waals surface area contributed by atoms with Crippen molar-refractivity contribution >= 4 is 5.91 Å². The van der Waals surface area contributed by atoms with Crippen LogP contribution in [0.2, 0.25) is 0 Å². The van der Waals surface area contributed by atoms with E-state index in [2.05, 4.69) is 0 Å². The average Bonchev–Trinajstić information content (AvgIpc) is 2.73. The van der Waals surface area contributed by atoms with Crippen LogP contribution in [0.3, 0.4) is 0 Å². The van der Waals surface area contributed by atoms with Crippen LogP contribution >= 0.6 is 0 Å². The summed E-state index contributed by atoms with van der Waals surface area (Å²) in [5.74, 6) is -2.16. The molecule has 1 aliphatic carbocycles. The van der Waals surface area contributed by atoms with Crippen molar-refractivity contribution in [2.75, 3.05) is 20.2 Å². The summed E-state index contributed by atoms with van der Waals surface area (Å²) in [5.41, 5.74) is 4.65. The minimum atomic E-state index is -1.97. The molecule has 0 aromatic heterocycles. The molecule has 29 heavy (non-hydrogen) atoms. The maximum Gasteiger partial charge on any atom is 0.219 e. The molecule has 1 aromatic rings. The minimum Gasteiger partial charge on any atom is -0.497 e. The molecular weight excluding hydrogens is 373 g/mol. The predicted molar refractivity (Wildman–Crippen MR) is 100 cm³/mol. The van der Waals surface area contributed by atoms with Gasteiger partial charge in [0.25, 0.3) is 0 Å². The molecule has 1 amide bonds. The number of nitrogens with zero attached hydrogens (tertiary/aromatic N) is 4. The van der Waals surface area contributed by atoms with Crippen LogP contribution in [0, 0.1) is 51.1 Å². The van der Waals surface area contributed by atoms with E-state index in [4.69, 9.17) is 10.5 Å². The molecule has 1 aromatic carbocycles. The first-order chi connectivity index (χ1) is 13.8. The third-order valence-electron chi connectivity index (χ3n) is 5.65. The summed E-state index contributed by atoms with van der Waals surface area (Å²) in [4.78, 5) is 13.5. The van der Waals surface area contributed by atoms with Gasteiger partial charge in [0.1, 0.15) is 17.6 Å². The van der Waals surface area contributed by atoms with Gasteiger partial charge in [-0.3, -0.25) is 4.79 Å². The molecule has 2 atom stereocenters. The number of rotatable bonds is 2. The fourth-order valence-corrected chi connectivity index (χ4v) is 4.17. The first-order valence-corrected chi connectivity index (χ1v) is 8.86. The van der Waals surface area contributed by atoms with Crippen molar-refractivity contribution < 1.29 is 13.9 Å². The third-order valence-corrected chi connectivity index (χ3v) is 5.65. The Morgan fingerprint density at radius 1 is 1.34 bits per heavy atom. The van der Waals surface area contributed by atoms with Crippen molar-refractivity contribution in [3.63, 3.8) is 0 Å². The topological polar surface area (TPSA) is 127 Å². The number of ether oxygens (including phenoxy) is 1. The van der Waals surface area contributed by atoms with E-state index in [1.54, 1.807) is 6.08 Å².